The molecule has 1 amide bonds. The van der Waals surface area contributed by atoms with E-state index in [9.17, 15) is 4.79 Å². The summed E-state index contributed by atoms with van der Waals surface area (Å²) in [6.07, 6.45) is 20.7. The molecule has 0 atom stereocenters. The number of carbonyl (C=O) groups excluding carboxylic acids is 1. The average Bonchev–Trinajstić information content (AvgIpc) is 3.11. The van der Waals surface area contributed by atoms with Crippen molar-refractivity contribution in [2.75, 3.05) is 6.54 Å². The van der Waals surface area contributed by atoms with Crippen molar-refractivity contribution >= 4 is 17.2 Å². The molecule has 1 aliphatic heterocycles. The highest BCUT2D eigenvalue weighted by atomic mass is 32.1. The van der Waals surface area contributed by atoms with E-state index in [1.807, 2.05) is 0 Å². The summed E-state index contributed by atoms with van der Waals surface area (Å²) in [4.78, 5) is 21.5. The van der Waals surface area contributed by atoms with Crippen molar-refractivity contribution in [1.29, 1.82) is 0 Å². The molecule has 2 fully saturated rings. The van der Waals surface area contributed by atoms with Gasteiger partial charge in [0.25, 0.3) is 5.91 Å². The first-order chi connectivity index (χ1) is 13.3. The van der Waals surface area contributed by atoms with Gasteiger partial charge in [-0.1, -0.05) is 70.6 Å². The SMILES string of the molecule is O=C1c2sc(C3CCCCCCC3)nc2CCN1C1CCCCCCCC1. The minimum Gasteiger partial charge on any atom is -0.335 e. The van der Waals surface area contributed by atoms with Crippen LogP contribution in [0.25, 0.3) is 0 Å². The van der Waals surface area contributed by atoms with Gasteiger partial charge in [0.05, 0.1) is 10.7 Å². The molecule has 1 aromatic rings. The predicted molar refractivity (Wildman–Crippen MR) is 113 cm³/mol. The largest absolute Gasteiger partial charge is 0.335 e. The van der Waals surface area contributed by atoms with Crippen molar-refractivity contribution in [3.63, 3.8) is 0 Å². The molecular weight excluding hydrogens is 352 g/mol. The lowest BCUT2D eigenvalue weighted by Gasteiger charge is -2.34. The van der Waals surface area contributed by atoms with E-state index in [4.69, 9.17) is 4.98 Å². The van der Waals surface area contributed by atoms with E-state index in [0.29, 0.717) is 17.9 Å². The number of thiazole rings is 1. The Morgan fingerprint density at radius 3 is 1.96 bits per heavy atom. The zero-order valence-electron chi connectivity index (χ0n) is 16.9. The summed E-state index contributed by atoms with van der Waals surface area (Å²) in [6, 6.07) is 0.468. The van der Waals surface area contributed by atoms with Crippen molar-refractivity contribution in [2.24, 2.45) is 0 Å². The molecule has 27 heavy (non-hydrogen) atoms. The maximum absolute atomic E-state index is 13.3. The summed E-state index contributed by atoms with van der Waals surface area (Å²) >= 11 is 1.74. The van der Waals surface area contributed by atoms with E-state index < -0.39 is 0 Å². The molecule has 3 aliphatic rings. The van der Waals surface area contributed by atoms with Crippen LogP contribution < -0.4 is 0 Å². The molecule has 0 radical (unpaired) electrons. The van der Waals surface area contributed by atoms with E-state index in [1.165, 1.54) is 101 Å². The minimum atomic E-state index is 0.301. The first kappa shape index (κ1) is 19.4. The van der Waals surface area contributed by atoms with Gasteiger partial charge >= 0.3 is 0 Å². The lowest BCUT2D eigenvalue weighted by atomic mass is 9.91. The standard InChI is InChI=1S/C23H36N2OS/c26-23-21-20(24-22(27-21)18-12-8-4-3-5-9-13-18)16-17-25(23)19-14-10-6-1-2-7-11-15-19/h18-19H,1-17H2. The Bertz CT molecular complexity index is 608. The third kappa shape index (κ3) is 4.75. The highest BCUT2D eigenvalue weighted by molar-refractivity contribution is 7.13. The Labute approximate surface area is 168 Å². The number of amides is 1. The average molecular weight is 389 g/mol. The normalized spacial score (nSPS) is 24.4. The summed E-state index contributed by atoms with van der Waals surface area (Å²) in [5.74, 6) is 0.905. The smallest absolute Gasteiger partial charge is 0.266 e. The zero-order valence-corrected chi connectivity index (χ0v) is 17.7. The second-order valence-electron chi connectivity index (χ2n) is 8.97. The molecule has 2 heterocycles. The van der Waals surface area contributed by atoms with E-state index in [-0.39, 0.29) is 0 Å². The Morgan fingerprint density at radius 1 is 0.778 bits per heavy atom. The van der Waals surface area contributed by atoms with Crippen molar-refractivity contribution in [1.82, 2.24) is 9.88 Å². The Hall–Kier alpha value is -0.900. The van der Waals surface area contributed by atoms with Crippen molar-refractivity contribution in [2.45, 2.75) is 115 Å². The van der Waals surface area contributed by atoms with Crippen LogP contribution in [0.15, 0.2) is 0 Å². The van der Waals surface area contributed by atoms with Crippen LogP contribution in [0, 0.1) is 0 Å². The summed E-state index contributed by atoms with van der Waals surface area (Å²) in [6.45, 7) is 0.893. The molecule has 0 unspecified atom stereocenters. The molecular formula is C23H36N2OS. The molecule has 2 aliphatic carbocycles. The number of aromatic nitrogens is 1. The van der Waals surface area contributed by atoms with Crippen molar-refractivity contribution < 1.29 is 4.79 Å². The monoisotopic (exact) mass is 388 g/mol. The van der Waals surface area contributed by atoms with Crippen LogP contribution in [0.1, 0.15) is 123 Å². The maximum atomic E-state index is 13.3. The summed E-state index contributed by atoms with van der Waals surface area (Å²) in [5, 5.41) is 1.27. The molecule has 0 N–H and O–H groups in total. The fraction of sp³-hybridized carbons (Fsp3) is 0.826. The molecule has 0 bridgehead atoms. The second kappa shape index (κ2) is 9.54. The topological polar surface area (TPSA) is 33.2 Å². The molecule has 150 valence electrons. The molecule has 0 aromatic carbocycles. The third-order valence-corrected chi connectivity index (χ3v) is 8.23. The Balaban J connectivity index is 1.47. The van der Waals surface area contributed by atoms with Crippen LogP contribution in [-0.4, -0.2) is 28.4 Å². The van der Waals surface area contributed by atoms with Crippen LogP contribution in [0.4, 0.5) is 0 Å². The first-order valence-corrected chi connectivity index (χ1v) is 12.4. The van der Waals surface area contributed by atoms with Gasteiger partial charge < -0.3 is 4.90 Å². The lowest BCUT2D eigenvalue weighted by molar-refractivity contribution is 0.0640. The van der Waals surface area contributed by atoms with Gasteiger partial charge in [-0.25, -0.2) is 4.98 Å². The number of nitrogens with zero attached hydrogens (tertiary/aromatic N) is 2. The predicted octanol–water partition coefficient (Wildman–Crippen LogP) is 6.47. The van der Waals surface area contributed by atoms with E-state index in [2.05, 4.69) is 4.90 Å². The van der Waals surface area contributed by atoms with E-state index >= 15 is 0 Å². The van der Waals surface area contributed by atoms with E-state index in [0.717, 1.165) is 23.5 Å². The molecule has 2 saturated carbocycles. The summed E-state index contributed by atoms with van der Waals surface area (Å²) in [7, 11) is 0. The minimum absolute atomic E-state index is 0.301. The molecule has 0 spiro atoms. The maximum Gasteiger partial charge on any atom is 0.266 e. The molecule has 4 heteroatoms. The van der Waals surface area contributed by atoms with Crippen molar-refractivity contribution in [3.8, 4) is 0 Å². The number of rotatable bonds is 2. The van der Waals surface area contributed by atoms with Gasteiger partial charge in [-0.3, -0.25) is 4.79 Å². The lowest BCUT2D eigenvalue weighted by Crippen LogP contribution is -2.44. The fourth-order valence-corrected chi connectivity index (χ4v) is 6.55. The van der Waals surface area contributed by atoms with Crippen LogP contribution in [0.2, 0.25) is 0 Å². The van der Waals surface area contributed by atoms with Crippen molar-refractivity contribution in [3.05, 3.63) is 15.6 Å². The Kier molecular flexibility index (Phi) is 6.86. The van der Waals surface area contributed by atoms with Crippen LogP contribution in [0.3, 0.4) is 0 Å². The molecule has 0 saturated heterocycles. The third-order valence-electron chi connectivity index (χ3n) is 6.98. The number of carbonyl (C=O) groups is 1. The van der Waals surface area contributed by atoms with Gasteiger partial charge in [-0.05, 0) is 25.7 Å². The summed E-state index contributed by atoms with van der Waals surface area (Å²) in [5.41, 5.74) is 1.11. The van der Waals surface area contributed by atoms with Gasteiger partial charge in [-0.2, -0.15) is 0 Å². The number of fused-ring (bicyclic) bond motifs is 1. The van der Waals surface area contributed by atoms with Gasteiger partial charge in [0.1, 0.15) is 4.88 Å². The Morgan fingerprint density at radius 2 is 1.33 bits per heavy atom. The van der Waals surface area contributed by atoms with E-state index in [1.54, 1.807) is 11.3 Å². The second-order valence-corrected chi connectivity index (χ2v) is 10.0. The summed E-state index contributed by atoms with van der Waals surface area (Å²) < 4.78 is 0. The highest BCUT2D eigenvalue weighted by Gasteiger charge is 2.33. The quantitative estimate of drug-likeness (QED) is 0.581. The molecule has 1 aromatic heterocycles. The van der Waals surface area contributed by atoms with Crippen LogP contribution in [-0.2, 0) is 6.42 Å². The van der Waals surface area contributed by atoms with Gasteiger partial charge in [-0.15, -0.1) is 11.3 Å². The number of hydrogen-bond acceptors (Lipinski definition) is 3. The van der Waals surface area contributed by atoms with Crippen LogP contribution >= 0.6 is 11.3 Å². The van der Waals surface area contributed by atoms with Gasteiger partial charge in [0.15, 0.2) is 0 Å². The zero-order chi connectivity index (χ0) is 18.5. The molecule has 3 nitrogen and oxygen atoms in total. The first-order valence-electron chi connectivity index (χ1n) is 11.6. The van der Waals surface area contributed by atoms with Gasteiger partial charge in [0, 0.05) is 24.9 Å². The van der Waals surface area contributed by atoms with Crippen LogP contribution in [0.5, 0.6) is 0 Å². The number of hydrogen-bond donors (Lipinski definition) is 0. The van der Waals surface area contributed by atoms with Gasteiger partial charge in [0.2, 0.25) is 0 Å². The highest BCUT2D eigenvalue weighted by Crippen LogP contribution is 2.37. The fourth-order valence-electron chi connectivity index (χ4n) is 5.31. The molecule has 4 rings (SSSR count).